The van der Waals surface area contributed by atoms with E-state index in [0.717, 1.165) is 5.75 Å². The van der Waals surface area contributed by atoms with Crippen molar-refractivity contribution < 1.29 is 4.74 Å². The average molecular weight is 283 g/mol. The molecule has 21 heavy (non-hydrogen) atoms. The summed E-state index contributed by atoms with van der Waals surface area (Å²) in [6.45, 7) is 8.73. The first-order valence-corrected chi connectivity index (χ1v) is 7.48. The Hall–Kier alpha value is -1.80. The molecule has 2 rings (SSSR count). The lowest BCUT2D eigenvalue weighted by atomic mass is 9.99. The number of methoxy groups -OCH3 is 1. The van der Waals surface area contributed by atoms with Crippen molar-refractivity contribution in [2.45, 2.75) is 39.8 Å². The van der Waals surface area contributed by atoms with Crippen LogP contribution in [0.5, 0.6) is 5.75 Å². The van der Waals surface area contributed by atoms with Crippen LogP contribution < -0.4 is 10.1 Å². The highest BCUT2D eigenvalue weighted by molar-refractivity contribution is 5.33. The monoisotopic (exact) mass is 283 g/mol. The Morgan fingerprint density at radius 1 is 0.905 bits per heavy atom. The molecule has 1 N–H and O–H groups in total. The predicted molar refractivity (Wildman–Crippen MR) is 88.9 cm³/mol. The molecule has 2 atom stereocenters. The highest BCUT2D eigenvalue weighted by Gasteiger charge is 2.13. The molecule has 2 heteroatoms. The largest absolute Gasteiger partial charge is 0.497 e. The first-order chi connectivity index (χ1) is 10.0. The lowest BCUT2D eigenvalue weighted by Crippen LogP contribution is -2.23. The van der Waals surface area contributed by atoms with Crippen LogP contribution >= 0.6 is 0 Å². The molecule has 2 nitrogen and oxygen atoms in total. The van der Waals surface area contributed by atoms with Crippen molar-refractivity contribution in [1.82, 2.24) is 5.32 Å². The molecule has 1 unspecified atom stereocenters. The minimum absolute atomic E-state index is 0.298. The predicted octanol–water partition coefficient (Wildman–Crippen LogP) is 4.72. The summed E-state index contributed by atoms with van der Waals surface area (Å²) in [5, 5.41) is 3.67. The number of nitrogens with one attached hydrogen (secondary N) is 1. The molecule has 2 aromatic carbocycles. The van der Waals surface area contributed by atoms with Crippen molar-refractivity contribution in [3.8, 4) is 5.75 Å². The Balaban J connectivity index is 2.08. The van der Waals surface area contributed by atoms with Crippen molar-refractivity contribution in [3.05, 3.63) is 64.7 Å². The van der Waals surface area contributed by atoms with Gasteiger partial charge in [0.2, 0.25) is 0 Å². The Labute approximate surface area is 128 Å². The van der Waals surface area contributed by atoms with Gasteiger partial charge in [0.1, 0.15) is 5.75 Å². The second-order valence-electron chi connectivity index (χ2n) is 5.74. The molecule has 0 heterocycles. The van der Waals surface area contributed by atoms with E-state index in [-0.39, 0.29) is 0 Å². The third kappa shape index (κ3) is 3.85. The summed E-state index contributed by atoms with van der Waals surface area (Å²) in [5.74, 6) is 0.897. The molecule has 0 fully saturated rings. The van der Waals surface area contributed by atoms with Crippen LogP contribution in [0.15, 0.2) is 42.5 Å². The molecular weight excluding hydrogens is 258 g/mol. The number of hydrogen-bond donors (Lipinski definition) is 1. The van der Waals surface area contributed by atoms with Gasteiger partial charge in [-0.3, -0.25) is 0 Å². The lowest BCUT2D eigenvalue weighted by Gasteiger charge is -2.22. The Bertz CT molecular complexity index is 589. The van der Waals surface area contributed by atoms with Crippen LogP contribution in [0.25, 0.3) is 0 Å². The molecule has 0 spiro atoms. The van der Waals surface area contributed by atoms with Crippen molar-refractivity contribution in [2.24, 2.45) is 0 Å². The highest BCUT2D eigenvalue weighted by atomic mass is 16.5. The van der Waals surface area contributed by atoms with Crippen molar-refractivity contribution >= 4 is 0 Å². The minimum atomic E-state index is 0.298. The second kappa shape index (κ2) is 6.77. The standard InChI is InChI=1S/C19H25NO/c1-13-6-11-19(14(2)12-13)16(4)20-15(3)17-7-9-18(21-5)10-8-17/h6-12,15-16,20H,1-5H3/t15-,16?/m0/s1. The number of ether oxygens (including phenoxy) is 1. The quantitative estimate of drug-likeness (QED) is 0.857. The summed E-state index contributed by atoms with van der Waals surface area (Å²) < 4.78 is 5.21. The van der Waals surface area contributed by atoms with E-state index in [9.17, 15) is 0 Å². The smallest absolute Gasteiger partial charge is 0.118 e. The molecule has 0 bridgehead atoms. The molecule has 0 saturated carbocycles. The molecular formula is C19H25NO. The van der Waals surface area contributed by atoms with Crippen molar-refractivity contribution in [2.75, 3.05) is 7.11 Å². The molecule has 112 valence electrons. The van der Waals surface area contributed by atoms with Gasteiger partial charge in [-0.15, -0.1) is 0 Å². The van der Waals surface area contributed by atoms with Crippen LogP contribution in [0.4, 0.5) is 0 Å². The van der Waals surface area contributed by atoms with Gasteiger partial charge in [-0.2, -0.15) is 0 Å². The first kappa shape index (κ1) is 15.6. The van der Waals surface area contributed by atoms with Gasteiger partial charge in [-0.1, -0.05) is 35.9 Å². The number of hydrogen-bond acceptors (Lipinski definition) is 2. The molecule has 0 amide bonds. The van der Waals surface area contributed by atoms with E-state index in [2.05, 4.69) is 63.3 Å². The van der Waals surface area contributed by atoms with E-state index in [1.54, 1.807) is 7.11 Å². The summed E-state index contributed by atoms with van der Waals surface area (Å²) in [5.41, 5.74) is 5.29. The van der Waals surface area contributed by atoms with Gasteiger partial charge in [-0.05, 0) is 56.5 Å². The summed E-state index contributed by atoms with van der Waals surface area (Å²) in [6.07, 6.45) is 0. The van der Waals surface area contributed by atoms with E-state index < -0.39 is 0 Å². The van der Waals surface area contributed by atoms with Crippen LogP contribution in [0.3, 0.4) is 0 Å². The van der Waals surface area contributed by atoms with Crippen LogP contribution in [0.1, 0.15) is 48.2 Å². The van der Waals surface area contributed by atoms with E-state index >= 15 is 0 Å². The maximum atomic E-state index is 5.21. The molecule has 0 radical (unpaired) electrons. The Morgan fingerprint density at radius 2 is 1.57 bits per heavy atom. The van der Waals surface area contributed by atoms with Gasteiger partial charge in [0.15, 0.2) is 0 Å². The minimum Gasteiger partial charge on any atom is -0.497 e. The van der Waals surface area contributed by atoms with Gasteiger partial charge < -0.3 is 10.1 Å². The second-order valence-corrected chi connectivity index (χ2v) is 5.74. The fourth-order valence-corrected chi connectivity index (χ4v) is 2.77. The van der Waals surface area contributed by atoms with Crippen molar-refractivity contribution in [1.29, 1.82) is 0 Å². The normalized spacial score (nSPS) is 13.8. The molecule has 0 aromatic heterocycles. The highest BCUT2D eigenvalue weighted by Crippen LogP contribution is 2.23. The molecule has 0 saturated heterocycles. The SMILES string of the molecule is COc1ccc([C@H](C)NC(C)c2ccc(C)cc2C)cc1. The Morgan fingerprint density at radius 3 is 2.14 bits per heavy atom. The molecule has 0 aliphatic carbocycles. The third-order valence-electron chi connectivity index (χ3n) is 4.01. The average Bonchev–Trinajstić information content (AvgIpc) is 2.47. The lowest BCUT2D eigenvalue weighted by molar-refractivity contribution is 0.414. The maximum absolute atomic E-state index is 5.21. The molecule has 0 aliphatic heterocycles. The van der Waals surface area contributed by atoms with Crippen LogP contribution in [-0.2, 0) is 0 Å². The topological polar surface area (TPSA) is 21.3 Å². The molecule has 2 aromatic rings. The first-order valence-electron chi connectivity index (χ1n) is 7.48. The Kier molecular flexibility index (Phi) is 5.03. The van der Waals surface area contributed by atoms with Gasteiger partial charge in [0.25, 0.3) is 0 Å². The van der Waals surface area contributed by atoms with E-state index in [1.165, 1.54) is 22.3 Å². The zero-order chi connectivity index (χ0) is 15.4. The number of rotatable bonds is 5. The zero-order valence-electron chi connectivity index (χ0n) is 13.6. The summed E-state index contributed by atoms with van der Waals surface area (Å²) in [7, 11) is 1.69. The summed E-state index contributed by atoms with van der Waals surface area (Å²) in [4.78, 5) is 0. The number of benzene rings is 2. The zero-order valence-corrected chi connectivity index (χ0v) is 13.6. The van der Waals surface area contributed by atoms with Gasteiger partial charge in [0, 0.05) is 12.1 Å². The van der Waals surface area contributed by atoms with E-state index in [1.807, 2.05) is 12.1 Å². The van der Waals surface area contributed by atoms with Gasteiger partial charge >= 0.3 is 0 Å². The van der Waals surface area contributed by atoms with E-state index in [4.69, 9.17) is 4.74 Å². The number of aryl methyl sites for hydroxylation is 2. The van der Waals surface area contributed by atoms with Crippen molar-refractivity contribution in [3.63, 3.8) is 0 Å². The summed E-state index contributed by atoms with van der Waals surface area (Å²) in [6, 6.07) is 15.5. The van der Waals surface area contributed by atoms with E-state index in [0.29, 0.717) is 12.1 Å². The van der Waals surface area contributed by atoms with Gasteiger partial charge in [-0.25, -0.2) is 0 Å². The summed E-state index contributed by atoms with van der Waals surface area (Å²) >= 11 is 0. The third-order valence-corrected chi connectivity index (χ3v) is 4.01. The van der Waals surface area contributed by atoms with Gasteiger partial charge in [0.05, 0.1) is 7.11 Å². The van der Waals surface area contributed by atoms with Crippen LogP contribution in [0, 0.1) is 13.8 Å². The van der Waals surface area contributed by atoms with Crippen LogP contribution in [0.2, 0.25) is 0 Å². The fourth-order valence-electron chi connectivity index (χ4n) is 2.77. The fraction of sp³-hybridized carbons (Fsp3) is 0.368. The molecule has 0 aliphatic rings. The maximum Gasteiger partial charge on any atom is 0.118 e. The van der Waals surface area contributed by atoms with Crippen LogP contribution in [-0.4, -0.2) is 7.11 Å².